The Morgan fingerprint density at radius 1 is 1.59 bits per heavy atom. The van der Waals surface area contributed by atoms with E-state index in [1.54, 1.807) is 26.3 Å². The van der Waals surface area contributed by atoms with E-state index < -0.39 is 0 Å². The predicted octanol–water partition coefficient (Wildman–Crippen LogP) is 1.64. The molecule has 1 fully saturated rings. The van der Waals surface area contributed by atoms with Gasteiger partial charge in [-0.25, -0.2) is 0 Å². The maximum absolute atomic E-state index is 10.8. The van der Waals surface area contributed by atoms with E-state index in [-0.39, 0.29) is 10.6 Å². The molecule has 0 spiro atoms. The van der Waals surface area contributed by atoms with Crippen LogP contribution in [0.3, 0.4) is 0 Å². The summed E-state index contributed by atoms with van der Waals surface area (Å²) < 4.78 is 5.20. The van der Waals surface area contributed by atoms with Crippen molar-refractivity contribution in [1.29, 1.82) is 0 Å². The van der Waals surface area contributed by atoms with Crippen molar-refractivity contribution < 1.29 is 9.66 Å². The number of methoxy groups -OCH3 is 1. The van der Waals surface area contributed by atoms with E-state index in [0.29, 0.717) is 12.5 Å². The normalized spacial score (nSPS) is 18.5. The van der Waals surface area contributed by atoms with E-state index in [0.717, 1.165) is 37.6 Å². The molecule has 0 aromatic heterocycles. The van der Waals surface area contributed by atoms with Gasteiger partial charge in [-0.15, -0.1) is 0 Å². The molecule has 1 aromatic carbocycles. The molecule has 0 amide bonds. The van der Waals surface area contributed by atoms with Crippen LogP contribution in [0.1, 0.15) is 12.0 Å². The third-order valence-corrected chi connectivity index (χ3v) is 3.77. The molecule has 1 saturated heterocycles. The number of likely N-dealkylation sites (tertiary alicyclic amines) is 1. The number of nitrogens with one attached hydrogen (secondary N) is 1. The van der Waals surface area contributed by atoms with Crippen molar-refractivity contribution in [3.05, 3.63) is 39.9 Å². The van der Waals surface area contributed by atoms with Crippen molar-refractivity contribution in [3.8, 4) is 0 Å². The number of benzene rings is 1. The molecule has 1 aliphatic rings. The fourth-order valence-electron chi connectivity index (χ4n) is 2.69. The number of ether oxygens (including phenoxy) is 1. The number of nitro benzene ring substituents is 1. The molecule has 1 atom stereocenters. The average Bonchev–Trinajstić information content (AvgIpc) is 2.97. The summed E-state index contributed by atoms with van der Waals surface area (Å²) in [4.78, 5) is 16.9. The summed E-state index contributed by atoms with van der Waals surface area (Å²) in [5.41, 5.74) is 0.971. The van der Waals surface area contributed by atoms with Gasteiger partial charge >= 0.3 is 0 Å². The third-order valence-electron chi connectivity index (χ3n) is 3.77. The fraction of sp³-hybridized carbons (Fsp3) is 0.533. The van der Waals surface area contributed by atoms with Gasteiger partial charge in [0.15, 0.2) is 5.96 Å². The van der Waals surface area contributed by atoms with Gasteiger partial charge in [-0.3, -0.25) is 15.1 Å². The van der Waals surface area contributed by atoms with Crippen molar-refractivity contribution in [2.24, 2.45) is 10.9 Å². The largest absolute Gasteiger partial charge is 0.384 e. The minimum Gasteiger partial charge on any atom is -0.384 e. The first kappa shape index (κ1) is 16.2. The molecule has 0 radical (unpaired) electrons. The minimum absolute atomic E-state index is 0.107. The van der Waals surface area contributed by atoms with Crippen LogP contribution >= 0.6 is 0 Å². The first-order valence-corrected chi connectivity index (χ1v) is 7.32. The van der Waals surface area contributed by atoms with Crippen molar-refractivity contribution in [2.75, 3.05) is 33.9 Å². The topological polar surface area (TPSA) is 80.0 Å². The van der Waals surface area contributed by atoms with Crippen LogP contribution in [0.25, 0.3) is 0 Å². The lowest BCUT2D eigenvalue weighted by Crippen LogP contribution is -2.39. The quantitative estimate of drug-likeness (QED) is 0.387. The van der Waals surface area contributed by atoms with E-state index in [1.165, 1.54) is 6.07 Å². The zero-order valence-electron chi connectivity index (χ0n) is 13.0. The SMILES string of the molecule is CN=C(NCc1cccc([N+](=O)[O-])c1)N1CCC(COC)C1. The van der Waals surface area contributed by atoms with Gasteiger partial charge < -0.3 is 15.0 Å². The summed E-state index contributed by atoms with van der Waals surface area (Å²) >= 11 is 0. The second-order valence-corrected chi connectivity index (χ2v) is 5.38. The summed E-state index contributed by atoms with van der Waals surface area (Å²) in [5.74, 6) is 1.35. The number of non-ortho nitro benzene ring substituents is 1. The molecule has 7 heteroatoms. The molecule has 7 nitrogen and oxygen atoms in total. The Balaban J connectivity index is 1.92. The molecule has 0 bridgehead atoms. The standard InChI is InChI=1S/C15H22N4O3/c1-16-15(18-7-6-13(10-18)11-22-2)17-9-12-4-3-5-14(8-12)19(20)21/h3-5,8,13H,6-7,9-11H2,1-2H3,(H,16,17). The number of aliphatic imine (C=N–C) groups is 1. The van der Waals surface area contributed by atoms with Crippen LogP contribution < -0.4 is 5.32 Å². The summed E-state index contributed by atoms with van der Waals surface area (Å²) in [7, 11) is 3.47. The second-order valence-electron chi connectivity index (χ2n) is 5.38. The highest BCUT2D eigenvalue weighted by atomic mass is 16.6. The van der Waals surface area contributed by atoms with E-state index in [2.05, 4.69) is 15.2 Å². The van der Waals surface area contributed by atoms with Crippen molar-refractivity contribution in [3.63, 3.8) is 0 Å². The number of hydrogen-bond donors (Lipinski definition) is 1. The van der Waals surface area contributed by atoms with E-state index in [9.17, 15) is 10.1 Å². The highest BCUT2D eigenvalue weighted by molar-refractivity contribution is 5.80. The molecule has 22 heavy (non-hydrogen) atoms. The fourth-order valence-corrected chi connectivity index (χ4v) is 2.69. The molecule has 1 aromatic rings. The number of rotatable bonds is 5. The van der Waals surface area contributed by atoms with Gasteiger partial charge in [-0.05, 0) is 12.0 Å². The molecule has 120 valence electrons. The summed E-state index contributed by atoms with van der Waals surface area (Å²) in [6.45, 7) is 3.14. The number of nitro groups is 1. The Labute approximate surface area is 130 Å². The summed E-state index contributed by atoms with van der Waals surface area (Å²) in [6.07, 6.45) is 1.09. The zero-order valence-corrected chi connectivity index (χ0v) is 13.0. The zero-order chi connectivity index (χ0) is 15.9. The van der Waals surface area contributed by atoms with Gasteiger partial charge in [-0.1, -0.05) is 12.1 Å². The number of nitrogens with zero attached hydrogens (tertiary/aromatic N) is 3. The summed E-state index contributed by atoms with van der Waals surface area (Å²) in [5, 5.41) is 14.1. The van der Waals surface area contributed by atoms with Crippen molar-refractivity contribution in [2.45, 2.75) is 13.0 Å². The first-order valence-electron chi connectivity index (χ1n) is 7.32. The Morgan fingerprint density at radius 3 is 3.09 bits per heavy atom. The molecule has 0 saturated carbocycles. The monoisotopic (exact) mass is 306 g/mol. The maximum atomic E-state index is 10.8. The van der Waals surface area contributed by atoms with Gasteiger partial charge in [0.25, 0.3) is 5.69 Å². The molecule has 1 heterocycles. The Kier molecular flexibility index (Phi) is 5.71. The smallest absolute Gasteiger partial charge is 0.269 e. The van der Waals surface area contributed by atoms with E-state index in [1.807, 2.05) is 6.07 Å². The lowest BCUT2D eigenvalue weighted by Gasteiger charge is -2.21. The summed E-state index contributed by atoms with van der Waals surface area (Å²) in [6, 6.07) is 6.64. The lowest BCUT2D eigenvalue weighted by atomic mass is 10.1. The van der Waals surface area contributed by atoms with Crippen molar-refractivity contribution in [1.82, 2.24) is 10.2 Å². The van der Waals surface area contributed by atoms with Crippen LogP contribution in [0.2, 0.25) is 0 Å². The highest BCUT2D eigenvalue weighted by Crippen LogP contribution is 2.17. The first-order chi connectivity index (χ1) is 10.6. The Bertz CT molecular complexity index is 547. The van der Waals surface area contributed by atoms with Crippen LogP contribution in [0.15, 0.2) is 29.3 Å². The second kappa shape index (κ2) is 7.74. The Hall–Kier alpha value is -2.15. The van der Waals surface area contributed by atoms with Gasteiger partial charge in [0.05, 0.1) is 11.5 Å². The predicted molar refractivity (Wildman–Crippen MR) is 84.9 cm³/mol. The molecule has 1 aliphatic heterocycles. The molecule has 1 unspecified atom stereocenters. The maximum Gasteiger partial charge on any atom is 0.269 e. The van der Waals surface area contributed by atoms with Crippen molar-refractivity contribution >= 4 is 11.6 Å². The molecular weight excluding hydrogens is 284 g/mol. The molecule has 1 N–H and O–H groups in total. The van der Waals surface area contributed by atoms with Gasteiger partial charge in [0, 0.05) is 51.8 Å². The van der Waals surface area contributed by atoms with Crippen LogP contribution in [0.4, 0.5) is 5.69 Å². The van der Waals surface area contributed by atoms with Gasteiger partial charge in [0.1, 0.15) is 0 Å². The number of hydrogen-bond acceptors (Lipinski definition) is 4. The van der Waals surface area contributed by atoms with Crippen LogP contribution in [0.5, 0.6) is 0 Å². The van der Waals surface area contributed by atoms with Crippen LogP contribution in [-0.2, 0) is 11.3 Å². The average molecular weight is 306 g/mol. The number of guanidine groups is 1. The van der Waals surface area contributed by atoms with Gasteiger partial charge in [0.2, 0.25) is 0 Å². The lowest BCUT2D eigenvalue weighted by molar-refractivity contribution is -0.384. The van der Waals surface area contributed by atoms with Crippen LogP contribution in [0, 0.1) is 16.0 Å². The minimum atomic E-state index is -0.381. The third kappa shape index (κ3) is 4.17. The highest BCUT2D eigenvalue weighted by Gasteiger charge is 2.24. The molecule has 2 rings (SSSR count). The van der Waals surface area contributed by atoms with Crippen LogP contribution in [-0.4, -0.2) is 49.6 Å². The van der Waals surface area contributed by atoms with Gasteiger partial charge in [-0.2, -0.15) is 0 Å². The Morgan fingerprint density at radius 2 is 2.41 bits per heavy atom. The van der Waals surface area contributed by atoms with E-state index >= 15 is 0 Å². The van der Waals surface area contributed by atoms with E-state index in [4.69, 9.17) is 4.74 Å². The molecular formula is C15H22N4O3. The molecule has 0 aliphatic carbocycles.